The minimum absolute atomic E-state index is 0.146. The van der Waals surface area contributed by atoms with Gasteiger partial charge in [0.1, 0.15) is 0 Å². The van der Waals surface area contributed by atoms with Gasteiger partial charge in [-0.25, -0.2) is 4.68 Å². The second-order valence-electron chi connectivity index (χ2n) is 4.82. The Morgan fingerprint density at radius 3 is 2.86 bits per heavy atom. The fourth-order valence-electron chi connectivity index (χ4n) is 2.12. The first-order chi connectivity index (χ1) is 10.2. The Labute approximate surface area is 123 Å². The van der Waals surface area contributed by atoms with Gasteiger partial charge in [-0.15, -0.1) is 0 Å². The predicted molar refractivity (Wildman–Crippen MR) is 80.0 cm³/mol. The largest absolute Gasteiger partial charge is 0.396 e. The zero-order chi connectivity index (χ0) is 15.1. The molecule has 0 aliphatic rings. The van der Waals surface area contributed by atoms with E-state index in [1.54, 1.807) is 18.5 Å². The molecule has 0 amide bonds. The molecule has 2 heterocycles. The highest BCUT2D eigenvalue weighted by Gasteiger charge is 2.10. The molecule has 21 heavy (non-hydrogen) atoms. The molecule has 2 aromatic rings. The molecule has 8 nitrogen and oxygen atoms in total. The van der Waals surface area contributed by atoms with Crippen LogP contribution in [0.1, 0.15) is 26.2 Å². The van der Waals surface area contributed by atoms with E-state index in [1.807, 2.05) is 0 Å². The molecule has 8 heteroatoms. The van der Waals surface area contributed by atoms with Crippen molar-refractivity contribution in [2.24, 2.45) is 5.92 Å². The van der Waals surface area contributed by atoms with Gasteiger partial charge in [-0.2, -0.15) is 20.1 Å². The van der Waals surface area contributed by atoms with Crippen LogP contribution >= 0.6 is 0 Å². The van der Waals surface area contributed by atoms with Crippen LogP contribution in [0.3, 0.4) is 0 Å². The van der Waals surface area contributed by atoms with E-state index in [0.717, 1.165) is 19.3 Å². The van der Waals surface area contributed by atoms with Crippen LogP contribution in [0.25, 0.3) is 5.95 Å². The zero-order valence-corrected chi connectivity index (χ0v) is 12.1. The highest BCUT2D eigenvalue weighted by atomic mass is 16.3. The van der Waals surface area contributed by atoms with E-state index >= 15 is 0 Å². The molecule has 0 fully saturated rings. The average molecular weight is 291 g/mol. The lowest BCUT2D eigenvalue weighted by atomic mass is 10.0. The first-order valence-electron chi connectivity index (χ1n) is 7.09. The number of aliphatic hydroxyl groups excluding tert-OH is 1. The molecule has 0 spiro atoms. The highest BCUT2D eigenvalue weighted by Crippen LogP contribution is 2.12. The number of aliphatic hydroxyl groups is 1. The Balaban J connectivity index is 2.06. The van der Waals surface area contributed by atoms with Crippen molar-refractivity contribution in [2.75, 3.05) is 24.2 Å². The highest BCUT2D eigenvalue weighted by molar-refractivity contribution is 5.34. The minimum atomic E-state index is 0.146. The van der Waals surface area contributed by atoms with Crippen molar-refractivity contribution >= 4 is 11.9 Å². The summed E-state index contributed by atoms with van der Waals surface area (Å²) in [5.74, 6) is 1.33. The Kier molecular flexibility index (Phi) is 5.44. The number of nitrogens with zero attached hydrogens (tertiary/aromatic N) is 5. The molecule has 0 saturated heterocycles. The summed E-state index contributed by atoms with van der Waals surface area (Å²) >= 11 is 0. The lowest BCUT2D eigenvalue weighted by Crippen LogP contribution is -2.18. The van der Waals surface area contributed by atoms with Crippen molar-refractivity contribution in [2.45, 2.75) is 26.2 Å². The van der Waals surface area contributed by atoms with Crippen LogP contribution in [0.2, 0.25) is 0 Å². The maximum atomic E-state index is 9.07. The molecular formula is C13H21N7O. The van der Waals surface area contributed by atoms with Gasteiger partial charge in [-0.1, -0.05) is 13.3 Å². The Morgan fingerprint density at radius 2 is 2.19 bits per heavy atom. The van der Waals surface area contributed by atoms with E-state index in [0.29, 0.717) is 24.4 Å². The van der Waals surface area contributed by atoms with Crippen molar-refractivity contribution in [1.29, 1.82) is 0 Å². The second kappa shape index (κ2) is 7.53. The van der Waals surface area contributed by atoms with E-state index in [-0.39, 0.29) is 12.6 Å². The van der Waals surface area contributed by atoms with Crippen molar-refractivity contribution in [1.82, 2.24) is 24.7 Å². The summed E-state index contributed by atoms with van der Waals surface area (Å²) in [7, 11) is 0. The Hall–Kier alpha value is -2.22. The predicted octanol–water partition coefficient (Wildman–Crippen LogP) is 0.850. The normalized spacial score (nSPS) is 12.3. The molecule has 0 aliphatic heterocycles. The van der Waals surface area contributed by atoms with Gasteiger partial charge in [0.15, 0.2) is 0 Å². The molecule has 2 rings (SSSR count). The first-order valence-corrected chi connectivity index (χ1v) is 7.09. The maximum Gasteiger partial charge on any atom is 0.257 e. The van der Waals surface area contributed by atoms with Crippen LogP contribution < -0.4 is 11.1 Å². The summed E-state index contributed by atoms with van der Waals surface area (Å²) in [5.41, 5.74) is 5.71. The number of hydrogen-bond donors (Lipinski definition) is 3. The number of nitrogens with two attached hydrogens (primary N) is 1. The van der Waals surface area contributed by atoms with Gasteiger partial charge in [0.2, 0.25) is 11.9 Å². The SMILES string of the molecule is CCCC(CCO)CNc1nc(N)nc(-n2cccn2)n1. The molecule has 2 aromatic heterocycles. The summed E-state index contributed by atoms with van der Waals surface area (Å²) in [4.78, 5) is 12.4. The summed E-state index contributed by atoms with van der Waals surface area (Å²) in [5, 5.41) is 16.3. The van der Waals surface area contributed by atoms with Gasteiger partial charge < -0.3 is 16.2 Å². The molecule has 0 bridgehead atoms. The zero-order valence-electron chi connectivity index (χ0n) is 12.1. The summed E-state index contributed by atoms with van der Waals surface area (Å²) in [6.07, 6.45) is 6.26. The number of anilines is 2. The molecule has 0 saturated carbocycles. The van der Waals surface area contributed by atoms with Gasteiger partial charge in [0.05, 0.1) is 0 Å². The van der Waals surface area contributed by atoms with Crippen molar-refractivity contribution in [3.8, 4) is 5.95 Å². The van der Waals surface area contributed by atoms with E-state index in [2.05, 4.69) is 32.3 Å². The molecule has 0 radical (unpaired) electrons. The summed E-state index contributed by atoms with van der Waals surface area (Å²) in [6.45, 7) is 3.00. The van der Waals surface area contributed by atoms with Crippen molar-refractivity contribution < 1.29 is 5.11 Å². The summed E-state index contributed by atoms with van der Waals surface area (Å²) < 4.78 is 1.53. The molecule has 114 valence electrons. The Morgan fingerprint density at radius 1 is 1.33 bits per heavy atom. The fourth-order valence-corrected chi connectivity index (χ4v) is 2.12. The van der Waals surface area contributed by atoms with Gasteiger partial charge >= 0.3 is 0 Å². The molecule has 1 atom stereocenters. The second-order valence-corrected chi connectivity index (χ2v) is 4.82. The maximum absolute atomic E-state index is 9.07. The van der Waals surface area contributed by atoms with Crippen LogP contribution in [0, 0.1) is 5.92 Å². The quantitative estimate of drug-likeness (QED) is 0.660. The Bertz CT molecular complexity index is 537. The number of nitrogen functional groups attached to an aromatic ring is 1. The van der Waals surface area contributed by atoms with Gasteiger partial charge in [0.25, 0.3) is 5.95 Å². The standard InChI is InChI=1S/C13H21N7O/c1-2-4-10(5-8-21)9-15-12-17-11(14)18-13(19-12)20-7-3-6-16-20/h3,6-7,10,21H,2,4-5,8-9H2,1H3,(H3,14,15,17,18,19). The van der Waals surface area contributed by atoms with E-state index in [1.165, 1.54) is 4.68 Å². The molecular weight excluding hydrogens is 270 g/mol. The third-order valence-electron chi connectivity index (χ3n) is 3.13. The van der Waals surface area contributed by atoms with Gasteiger partial charge in [0, 0.05) is 25.5 Å². The van der Waals surface area contributed by atoms with Crippen molar-refractivity contribution in [3.05, 3.63) is 18.5 Å². The third-order valence-corrected chi connectivity index (χ3v) is 3.13. The molecule has 0 aromatic carbocycles. The van der Waals surface area contributed by atoms with E-state index in [9.17, 15) is 0 Å². The lowest BCUT2D eigenvalue weighted by molar-refractivity contribution is 0.255. The van der Waals surface area contributed by atoms with Crippen LogP contribution in [-0.2, 0) is 0 Å². The summed E-state index contributed by atoms with van der Waals surface area (Å²) in [6, 6.07) is 1.78. The van der Waals surface area contributed by atoms with E-state index < -0.39 is 0 Å². The van der Waals surface area contributed by atoms with Crippen LogP contribution in [0.5, 0.6) is 0 Å². The third kappa shape index (κ3) is 4.38. The number of nitrogens with one attached hydrogen (secondary N) is 1. The number of hydrogen-bond acceptors (Lipinski definition) is 7. The topological polar surface area (TPSA) is 115 Å². The monoisotopic (exact) mass is 291 g/mol. The average Bonchev–Trinajstić information content (AvgIpc) is 2.99. The van der Waals surface area contributed by atoms with E-state index in [4.69, 9.17) is 10.8 Å². The lowest BCUT2D eigenvalue weighted by Gasteiger charge is -2.15. The number of aromatic nitrogens is 5. The van der Waals surface area contributed by atoms with Gasteiger partial charge in [-0.05, 0) is 24.8 Å². The first kappa shape index (κ1) is 15.2. The van der Waals surface area contributed by atoms with Crippen LogP contribution in [0.15, 0.2) is 18.5 Å². The van der Waals surface area contributed by atoms with Crippen molar-refractivity contribution in [3.63, 3.8) is 0 Å². The molecule has 0 aliphatic carbocycles. The fraction of sp³-hybridized carbons (Fsp3) is 0.538. The van der Waals surface area contributed by atoms with Gasteiger partial charge in [-0.3, -0.25) is 0 Å². The van der Waals surface area contributed by atoms with Crippen LogP contribution in [-0.4, -0.2) is 43.0 Å². The molecule has 1 unspecified atom stereocenters. The minimum Gasteiger partial charge on any atom is -0.396 e. The smallest absolute Gasteiger partial charge is 0.257 e. The molecule has 4 N–H and O–H groups in total. The van der Waals surface area contributed by atoms with Crippen LogP contribution in [0.4, 0.5) is 11.9 Å². The number of rotatable bonds is 8.